The summed E-state index contributed by atoms with van der Waals surface area (Å²) in [4.78, 5) is 29.1. The third-order valence-corrected chi connectivity index (χ3v) is 8.88. The molecule has 226 valence electrons. The van der Waals surface area contributed by atoms with Gasteiger partial charge in [0.15, 0.2) is 11.5 Å². The summed E-state index contributed by atoms with van der Waals surface area (Å²) >= 11 is 0. The summed E-state index contributed by atoms with van der Waals surface area (Å²) < 4.78 is 39.8. The van der Waals surface area contributed by atoms with Crippen LogP contribution in [0.15, 0.2) is 77.7 Å². The number of hydrogen-bond donors (Lipinski definition) is 1. The number of nitrogens with zero attached hydrogens (tertiary/aromatic N) is 2. The largest absolute Gasteiger partial charge is 0.493 e. The number of anilines is 1. The standard InChI is InChI=1S/C32H41N3O6S/c1-7-24(4)33-32(37)28(8-2)34(21-25-14-12-13-23(3)19-25)31(36)22-35(42(38,39)27-15-10-9-11-16-27)26-17-18-29(40-5)30(20-26)41-6/h9-20,24,28H,7-8,21-22H2,1-6H3,(H,33,37)/t24-,28-/m1/s1. The molecule has 0 saturated heterocycles. The molecule has 0 heterocycles. The highest BCUT2D eigenvalue weighted by Crippen LogP contribution is 2.34. The summed E-state index contributed by atoms with van der Waals surface area (Å²) in [7, 11) is -1.26. The van der Waals surface area contributed by atoms with Crippen molar-refractivity contribution >= 4 is 27.5 Å². The maximum absolute atomic E-state index is 14.2. The van der Waals surface area contributed by atoms with Crippen molar-refractivity contribution in [3.63, 3.8) is 0 Å². The predicted molar refractivity (Wildman–Crippen MR) is 164 cm³/mol. The number of nitrogens with one attached hydrogen (secondary N) is 1. The first-order valence-electron chi connectivity index (χ1n) is 14.0. The lowest BCUT2D eigenvalue weighted by Crippen LogP contribution is -2.53. The fourth-order valence-electron chi connectivity index (χ4n) is 4.60. The third kappa shape index (κ3) is 7.82. The molecule has 3 aromatic rings. The van der Waals surface area contributed by atoms with E-state index in [1.165, 1.54) is 37.3 Å². The molecule has 0 radical (unpaired) electrons. The highest BCUT2D eigenvalue weighted by molar-refractivity contribution is 7.92. The van der Waals surface area contributed by atoms with Gasteiger partial charge in [-0.25, -0.2) is 8.42 Å². The molecule has 0 aliphatic rings. The Labute approximate surface area is 249 Å². The van der Waals surface area contributed by atoms with Gasteiger partial charge in [-0.2, -0.15) is 0 Å². The molecule has 2 atom stereocenters. The lowest BCUT2D eigenvalue weighted by atomic mass is 10.1. The number of carbonyl (C=O) groups excluding carboxylic acids is 2. The van der Waals surface area contributed by atoms with Crippen molar-refractivity contribution < 1.29 is 27.5 Å². The second kappa shape index (κ2) is 14.7. The van der Waals surface area contributed by atoms with Gasteiger partial charge in [0.25, 0.3) is 10.0 Å². The second-order valence-electron chi connectivity index (χ2n) is 10.1. The van der Waals surface area contributed by atoms with E-state index in [-0.39, 0.29) is 29.1 Å². The van der Waals surface area contributed by atoms with Gasteiger partial charge < -0.3 is 19.7 Å². The zero-order valence-corrected chi connectivity index (χ0v) is 26.0. The minimum Gasteiger partial charge on any atom is -0.493 e. The first-order valence-corrected chi connectivity index (χ1v) is 15.4. The average molecular weight is 596 g/mol. The van der Waals surface area contributed by atoms with Crippen LogP contribution in [0.25, 0.3) is 0 Å². The number of sulfonamides is 1. The topological polar surface area (TPSA) is 105 Å². The molecule has 0 bridgehead atoms. The Morgan fingerprint density at radius 1 is 0.881 bits per heavy atom. The molecular weight excluding hydrogens is 554 g/mol. The van der Waals surface area contributed by atoms with Gasteiger partial charge in [-0.1, -0.05) is 61.9 Å². The monoisotopic (exact) mass is 595 g/mol. The Kier molecular flexibility index (Phi) is 11.4. The van der Waals surface area contributed by atoms with E-state index in [1.54, 1.807) is 30.3 Å². The van der Waals surface area contributed by atoms with Gasteiger partial charge in [0.1, 0.15) is 12.6 Å². The number of aryl methyl sites for hydroxylation is 1. The van der Waals surface area contributed by atoms with Crippen LogP contribution in [0.5, 0.6) is 11.5 Å². The SMILES string of the molecule is CC[C@@H](C)NC(=O)[C@@H](CC)N(Cc1cccc(C)c1)C(=O)CN(c1ccc(OC)c(OC)c1)S(=O)(=O)c1ccccc1. The molecule has 0 fully saturated rings. The summed E-state index contributed by atoms with van der Waals surface area (Å²) in [5, 5.41) is 2.99. The number of amides is 2. The van der Waals surface area contributed by atoms with Crippen LogP contribution in [-0.4, -0.2) is 58.0 Å². The Bertz CT molecular complexity index is 1460. The first-order chi connectivity index (χ1) is 20.0. The Hall–Kier alpha value is -4.05. The number of ether oxygens (including phenoxy) is 2. The van der Waals surface area contributed by atoms with Crippen molar-refractivity contribution in [1.82, 2.24) is 10.2 Å². The molecule has 2 amide bonds. The van der Waals surface area contributed by atoms with Crippen molar-refractivity contribution in [3.8, 4) is 11.5 Å². The van der Waals surface area contributed by atoms with Gasteiger partial charge in [-0.05, 0) is 56.5 Å². The van der Waals surface area contributed by atoms with Crippen molar-refractivity contribution in [1.29, 1.82) is 0 Å². The molecule has 0 saturated carbocycles. The van der Waals surface area contributed by atoms with E-state index in [2.05, 4.69) is 5.32 Å². The molecule has 42 heavy (non-hydrogen) atoms. The Morgan fingerprint density at radius 3 is 2.17 bits per heavy atom. The summed E-state index contributed by atoms with van der Waals surface area (Å²) in [6, 6.07) is 19.4. The summed E-state index contributed by atoms with van der Waals surface area (Å²) in [6.07, 6.45) is 1.08. The zero-order chi connectivity index (χ0) is 30.9. The maximum Gasteiger partial charge on any atom is 0.264 e. The molecule has 0 aromatic heterocycles. The van der Waals surface area contributed by atoms with Crippen LogP contribution >= 0.6 is 0 Å². The Balaban J connectivity index is 2.11. The van der Waals surface area contributed by atoms with Gasteiger partial charge >= 0.3 is 0 Å². The lowest BCUT2D eigenvalue weighted by molar-refractivity contribution is -0.140. The van der Waals surface area contributed by atoms with E-state index < -0.39 is 28.5 Å². The minimum atomic E-state index is -4.19. The average Bonchev–Trinajstić information content (AvgIpc) is 2.99. The molecule has 1 N–H and O–H groups in total. The third-order valence-electron chi connectivity index (χ3n) is 7.09. The Morgan fingerprint density at radius 2 is 1.57 bits per heavy atom. The molecule has 3 aromatic carbocycles. The van der Waals surface area contributed by atoms with Gasteiger partial charge in [-0.15, -0.1) is 0 Å². The van der Waals surface area contributed by atoms with Crippen molar-refractivity contribution in [2.45, 2.75) is 64.1 Å². The van der Waals surface area contributed by atoms with Crippen LogP contribution in [0.2, 0.25) is 0 Å². The molecule has 0 aliphatic heterocycles. The van der Waals surface area contributed by atoms with Gasteiger partial charge in [0.2, 0.25) is 11.8 Å². The minimum absolute atomic E-state index is 0.0272. The van der Waals surface area contributed by atoms with Crippen molar-refractivity contribution in [2.75, 3.05) is 25.1 Å². The number of hydrogen-bond acceptors (Lipinski definition) is 6. The van der Waals surface area contributed by atoms with Crippen LogP contribution < -0.4 is 19.1 Å². The van der Waals surface area contributed by atoms with Crippen LogP contribution in [-0.2, 0) is 26.2 Å². The van der Waals surface area contributed by atoms with Gasteiger partial charge in [-0.3, -0.25) is 13.9 Å². The van der Waals surface area contributed by atoms with E-state index in [0.29, 0.717) is 17.9 Å². The van der Waals surface area contributed by atoms with E-state index in [1.807, 2.05) is 52.0 Å². The molecule has 0 aliphatic carbocycles. The molecule has 3 rings (SSSR count). The number of carbonyl (C=O) groups is 2. The zero-order valence-electron chi connectivity index (χ0n) is 25.2. The van der Waals surface area contributed by atoms with E-state index in [9.17, 15) is 18.0 Å². The fourth-order valence-corrected chi connectivity index (χ4v) is 6.02. The van der Waals surface area contributed by atoms with Gasteiger partial charge in [0.05, 0.1) is 24.8 Å². The highest BCUT2D eigenvalue weighted by atomic mass is 32.2. The molecule has 9 nitrogen and oxygen atoms in total. The van der Waals surface area contributed by atoms with Crippen LogP contribution in [0.1, 0.15) is 44.7 Å². The quantitative estimate of drug-likeness (QED) is 0.283. The van der Waals surface area contributed by atoms with E-state index in [4.69, 9.17) is 9.47 Å². The number of benzene rings is 3. The van der Waals surface area contributed by atoms with Crippen LogP contribution in [0.4, 0.5) is 5.69 Å². The summed E-state index contributed by atoms with van der Waals surface area (Å²) in [6.45, 7) is 7.27. The van der Waals surface area contributed by atoms with Crippen LogP contribution in [0, 0.1) is 6.92 Å². The smallest absolute Gasteiger partial charge is 0.264 e. The highest BCUT2D eigenvalue weighted by Gasteiger charge is 2.34. The molecule has 10 heteroatoms. The predicted octanol–water partition coefficient (Wildman–Crippen LogP) is 4.93. The molecular formula is C32H41N3O6S. The van der Waals surface area contributed by atoms with Crippen molar-refractivity contribution in [2.24, 2.45) is 0 Å². The summed E-state index contributed by atoms with van der Waals surface area (Å²) in [5.41, 5.74) is 2.06. The van der Waals surface area contributed by atoms with E-state index >= 15 is 0 Å². The molecule has 0 unspecified atom stereocenters. The summed E-state index contributed by atoms with van der Waals surface area (Å²) in [5.74, 6) is -0.0708. The number of rotatable bonds is 14. The first kappa shape index (κ1) is 32.5. The molecule has 0 spiro atoms. The number of methoxy groups -OCH3 is 2. The van der Waals surface area contributed by atoms with Crippen molar-refractivity contribution in [3.05, 3.63) is 83.9 Å². The van der Waals surface area contributed by atoms with E-state index in [0.717, 1.165) is 21.9 Å². The fraction of sp³-hybridized carbons (Fsp3) is 0.375. The normalized spacial score (nSPS) is 12.6. The van der Waals surface area contributed by atoms with Gasteiger partial charge in [0, 0.05) is 18.7 Å². The second-order valence-corrected chi connectivity index (χ2v) is 12.0. The lowest BCUT2D eigenvalue weighted by Gasteiger charge is -2.34. The van der Waals surface area contributed by atoms with Crippen LogP contribution in [0.3, 0.4) is 0 Å². The maximum atomic E-state index is 14.2.